The highest BCUT2D eigenvalue weighted by atomic mass is 16.5. The molecule has 2 N–H and O–H groups in total. The van der Waals surface area contributed by atoms with Crippen LogP contribution >= 0.6 is 0 Å². The predicted molar refractivity (Wildman–Crippen MR) is 108 cm³/mol. The summed E-state index contributed by atoms with van der Waals surface area (Å²) < 4.78 is 5.69. The predicted octanol–water partition coefficient (Wildman–Crippen LogP) is 2.42. The summed E-state index contributed by atoms with van der Waals surface area (Å²) in [6.45, 7) is 5.13. The fourth-order valence-corrected chi connectivity index (χ4v) is 2.72. The van der Waals surface area contributed by atoms with Crippen molar-refractivity contribution in [2.24, 2.45) is 0 Å². The first-order chi connectivity index (χ1) is 12.9. The number of ether oxygens (including phenoxy) is 1. The van der Waals surface area contributed by atoms with Gasteiger partial charge in [-0.1, -0.05) is 24.3 Å². The average Bonchev–Trinajstić information content (AvgIpc) is 2.61. The molecule has 146 valence electrons. The normalized spacial score (nSPS) is 11.0. The Bertz CT molecular complexity index is 787. The van der Waals surface area contributed by atoms with Gasteiger partial charge in [0.15, 0.2) is 6.61 Å². The van der Waals surface area contributed by atoms with E-state index in [1.807, 2.05) is 64.3 Å². The number of carbonyl (C=O) groups is 2. The van der Waals surface area contributed by atoms with E-state index in [1.165, 1.54) is 0 Å². The molecule has 0 heterocycles. The van der Waals surface area contributed by atoms with Gasteiger partial charge in [0.2, 0.25) is 0 Å². The van der Waals surface area contributed by atoms with Gasteiger partial charge in [-0.05, 0) is 63.8 Å². The minimum absolute atomic E-state index is 0.0390. The maximum absolute atomic E-state index is 12.7. The lowest BCUT2D eigenvalue weighted by Gasteiger charge is -2.15. The van der Waals surface area contributed by atoms with Crippen molar-refractivity contribution < 1.29 is 14.3 Å². The lowest BCUT2D eigenvalue weighted by molar-refractivity contribution is -0.123. The molecule has 0 radical (unpaired) electrons. The Balaban J connectivity index is 2.16. The van der Waals surface area contributed by atoms with E-state index in [1.54, 1.807) is 0 Å². The van der Waals surface area contributed by atoms with Gasteiger partial charge in [-0.15, -0.1) is 0 Å². The Morgan fingerprint density at radius 2 is 1.78 bits per heavy atom. The molecule has 0 aliphatic heterocycles. The summed E-state index contributed by atoms with van der Waals surface area (Å²) in [5, 5.41) is 7.63. The molecular formula is C21H29N3O3. The first-order valence-electron chi connectivity index (χ1n) is 9.24. The summed E-state index contributed by atoms with van der Waals surface area (Å²) in [5.74, 6) is 0.00647. The molecule has 0 spiro atoms. The average molecular weight is 371 g/mol. The van der Waals surface area contributed by atoms with Crippen LogP contribution in [0.25, 0.3) is 10.8 Å². The van der Waals surface area contributed by atoms with Crippen LogP contribution in [-0.2, 0) is 4.79 Å². The number of fused-ring (bicyclic) bond motifs is 1. The van der Waals surface area contributed by atoms with Gasteiger partial charge in [-0.2, -0.15) is 0 Å². The molecular weight excluding hydrogens is 342 g/mol. The SMILES string of the molecule is CC(C)NC(=O)COc1cc2ccccc2cc1C(=O)NCCCN(C)C. The van der Waals surface area contributed by atoms with E-state index < -0.39 is 0 Å². The molecule has 0 atom stereocenters. The fraction of sp³-hybridized carbons (Fsp3) is 0.429. The molecule has 0 unspecified atom stereocenters. The molecule has 0 bridgehead atoms. The van der Waals surface area contributed by atoms with Gasteiger partial charge < -0.3 is 20.3 Å². The highest BCUT2D eigenvalue weighted by Crippen LogP contribution is 2.26. The zero-order chi connectivity index (χ0) is 19.8. The van der Waals surface area contributed by atoms with Crippen LogP contribution in [0.1, 0.15) is 30.6 Å². The molecule has 0 aromatic heterocycles. The lowest BCUT2D eigenvalue weighted by Crippen LogP contribution is -2.34. The minimum Gasteiger partial charge on any atom is -0.483 e. The minimum atomic E-state index is -0.213. The molecule has 6 nitrogen and oxygen atoms in total. The van der Waals surface area contributed by atoms with Crippen molar-refractivity contribution in [2.75, 3.05) is 33.8 Å². The largest absolute Gasteiger partial charge is 0.483 e. The van der Waals surface area contributed by atoms with Gasteiger partial charge >= 0.3 is 0 Å². The van der Waals surface area contributed by atoms with Crippen molar-refractivity contribution in [1.82, 2.24) is 15.5 Å². The third kappa shape index (κ3) is 6.57. The third-order valence-corrected chi connectivity index (χ3v) is 3.97. The standard InChI is InChI=1S/C21H29N3O3/c1-15(2)23-20(25)14-27-19-13-17-9-6-5-8-16(17)12-18(19)21(26)22-10-7-11-24(3)4/h5-6,8-9,12-13,15H,7,10-11,14H2,1-4H3,(H,22,26)(H,23,25). The lowest BCUT2D eigenvalue weighted by atomic mass is 10.1. The zero-order valence-corrected chi connectivity index (χ0v) is 16.5. The Hall–Kier alpha value is -2.60. The van der Waals surface area contributed by atoms with Crippen molar-refractivity contribution in [3.05, 3.63) is 42.0 Å². The van der Waals surface area contributed by atoms with Crippen LogP contribution in [0.4, 0.5) is 0 Å². The van der Waals surface area contributed by atoms with E-state index in [0.717, 1.165) is 23.7 Å². The Labute approximate surface area is 160 Å². The van der Waals surface area contributed by atoms with E-state index in [9.17, 15) is 9.59 Å². The third-order valence-electron chi connectivity index (χ3n) is 3.97. The molecule has 0 fully saturated rings. The number of carbonyl (C=O) groups excluding carboxylic acids is 2. The Morgan fingerprint density at radius 1 is 1.11 bits per heavy atom. The molecule has 2 rings (SSSR count). The van der Waals surface area contributed by atoms with Crippen molar-refractivity contribution in [3.8, 4) is 5.75 Å². The molecule has 2 aromatic carbocycles. The van der Waals surface area contributed by atoms with E-state index in [0.29, 0.717) is 17.9 Å². The molecule has 0 saturated heterocycles. The van der Waals surface area contributed by atoms with Gasteiger partial charge in [0.1, 0.15) is 5.75 Å². The molecule has 2 aromatic rings. The monoisotopic (exact) mass is 371 g/mol. The van der Waals surface area contributed by atoms with Gasteiger partial charge in [0, 0.05) is 12.6 Å². The molecule has 2 amide bonds. The summed E-state index contributed by atoms with van der Waals surface area (Å²) in [5.41, 5.74) is 0.441. The summed E-state index contributed by atoms with van der Waals surface area (Å²) in [4.78, 5) is 26.6. The maximum atomic E-state index is 12.7. The van der Waals surface area contributed by atoms with E-state index in [4.69, 9.17) is 4.74 Å². The Kier molecular flexibility index (Phi) is 7.61. The van der Waals surface area contributed by atoms with Gasteiger partial charge in [-0.25, -0.2) is 0 Å². The highest BCUT2D eigenvalue weighted by molar-refractivity contribution is 6.01. The number of nitrogens with zero attached hydrogens (tertiary/aromatic N) is 1. The summed E-state index contributed by atoms with van der Waals surface area (Å²) in [6, 6.07) is 11.4. The second kappa shape index (κ2) is 9.92. The number of hydrogen-bond donors (Lipinski definition) is 2. The van der Waals surface area contributed by atoms with Crippen molar-refractivity contribution >= 4 is 22.6 Å². The van der Waals surface area contributed by atoms with Crippen molar-refractivity contribution in [1.29, 1.82) is 0 Å². The molecule has 0 aliphatic carbocycles. The first-order valence-corrected chi connectivity index (χ1v) is 9.24. The number of rotatable bonds is 9. The maximum Gasteiger partial charge on any atom is 0.258 e. The smallest absolute Gasteiger partial charge is 0.258 e. The summed E-state index contributed by atoms with van der Waals surface area (Å²) >= 11 is 0. The van der Waals surface area contributed by atoms with E-state index in [2.05, 4.69) is 15.5 Å². The molecule has 0 aliphatic rings. The van der Waals surface area contributed by atoms with Crippen LogP contribution in [0.5, 0.6) is 5.75 Å². The summed E-state index contributed by atoms with van der Waals surface area (Å²) in [7, 11) is 4.00. The van der Waals surface area contributed by atoms with Crippen LogP contribution in [-0.4, -0.2) is 56.5 Å². The molecule has 27 heavy (non-hydrogen) atoms. The highest BCUT2D eigenvalue weighted by Gasteiger charge is 2.15. The second-order valence-corrected chi connectivity index (χ2v) is 7.12. The van der Waals surface area contributed by atoms with Gasteiger partial charge in [0.05, 0.1) is 5.56 Å². The van der Waals surface area contributed by atoms with E-state index in [-0.39, 0.29) is 24.5 Å². The van der Waals surface area contributed by atoms with E-state index >= 15 is 0 Å². The van der Waals surface area contributed by atoms with Crippen LogP contribution in [0, 0.1) is 0 Å². The first kappa shape index (κ1) is 20.7. The molecule has 0 saturated carbocycles. The van der Waals surface area contributed by atoms with Crippen LogP contribution in [0.2, 0.25) is 0 Å². The fourth-order valence-electron chi connectivity index (χ4n) is 2.72. The summed E-state index contributed by atoms with van der Waals surface area (Å²) in [6.07, 6.45) is 0.860. The van der Waals surface area contributed by atoms with Crippen LogP contribution < -0.4 is 15.4 Å². The number of benzene rings is 2. The van der Waals surface area contributed by atoms with Crippen molar-refractivity contribution in [2.45, 2.75) is 26.3 Å². The van der Waals surface area contributed by atoms with Crippen molar-refractivity contribution in [3.63, 3.8) is 0 Å². The molecule has 6 heteroatoms. The topological polar surface area (TPSA) is 70.7 Å². The number of hydrogen-bond acceptors (Lipinski definition) is 4. The zero-order valence-electron chi connectivity index (χ0n) is 16.5. The van der Waals surface area contributed by atoms with Gasteiger partial charge in [-0.3, -0.25) is 9.59 Å². The van der Waals surface area contributed by atoms with Crippen LogP contribution in [0.3, 0.4) is 0 Å². The Morgan fingerprint density at radius 3 is 2.41 bits per heavy atom. The number of nitrogens with one attached hydrogen (secondary N) is 2. The van der Waals surface area contributed by atoms with Gasteiger partial charge in [0.25, 0.3) is 11.8 Å². The van der Waals surface area contributed by atoms with Crippen LogP contribution in [0.15, 0.2) is 36.4 Å². The number of amides is 2. The second-order valence-electron chi connectivity index (χ2n) is 7.12. The quantitative estimate of drug-likeness (QED) is 0.664.